The van der Waals surface area contributed by atoms with Crippen LogP contribution in [0, 0.1) is 0 Å². The van der Waals surface area contributed by atoms with Crippen molar-refractivity contribution in [3.05, 3.63) is 0 Å². The molecule has 5 N–H and O–H groups in total. The number of carbonyl (C=O) groups is 1. The maximum atomic E-state index is 10.0. The molecule has 0 aromatic rings. The lowest BCUT2D eigenvalue weighted by atomic mass is 10.3. The highest BCUT2D eigenvalue weighted by molar-refractivity contribution is 5.64. The van der Waals surface area contributed by atoms with E-state index >= 15 is 0 Å². The van der Waals surface area contributed by atoms with Gasteiger partial charge in [0.2, 0.25) is 0 Å². The third kappa shape index (κ3) is 5.33. The van der Waals surface area contributed by atoms with Crippen molar-refractivity contribution in [2.75, 3.05) is 6.61 Å². The molecule has 0 aromatic heterocycles. The van der Waals surface area contributed by atoms with E-state index in [0.29, 0.717) is 12.8 Å². The molecule has 0 fully saturated rings. The molecule has 1 atom stereocenters. The van der Waals surface area contributed by atoms with Gasteiger partial charge in [-0.15, -0.1) is 0 Å². The first kappa shape index (κ1) is 9.19. The van der Waals surface area contributed by atoms with Gasteiger partial charge in [-0.25, -0.2) is 4.79 Å². The van der Waals surface area contributed by atoms with Crippen molar-refractivity contribution in [2.24, 2.45) is 11.5 Å². The molecule has 1 amide bonds. The minimum absolute atomic E-state index is 0.0375. The van der Waals surface area contributed by atoms with Crippen molar-refractivity contribution in [1.29, 1.82) is 0 Å². The van der Waals surface area contributed by atoms with E-state index in [2.05, 4.69) is 10.5 Å². The highest BCUT2D eigenvalue weighted by Crippen LogP contribution is 1.94. The fourth-order valence-electron chi connectivity index (χ4n) is 0.501. The first-order chi connectivity index (χ1) is 4.66. The number of aliphatic hydroxyl groups is 1. The Morgan fingerprint density at radius 1 is 1.70 bits per heavy atom. The van der Waals surface area contributed by atoms with Gasteiger partial charge < -0.3 is 15.6 Å². The number of nitrogens with two attached hydrogens (primary N) is 2. The Hall–Kier alpha value is -0.810. The van der Waals surface area contributed by atoms with Crippen LogP contribution >= 0.6 is 0 Å². The molecule has 0 aliphatic rings. The molecule has 0 bridgehead atoms. The van der Waals surface area contributed by atoms with E-state index in [1.807, 2.05) is 0 Å². The number of carbonyl (C=O) groups excluding carboxylic acids is 1. The van der Waals surface area contributed by atoms with Crippen molar-refractivity contribution < 1.29 is 14.6 Å². The van der Waals surface area contributed by atoms with Crippen LogP contribution in [-0.2, 0) is 4.74 Å². The Bertz CT molecular complexity index is 107. The van der Waals surface area contributed by atoms with Crippen molar-refractivity contribution >= 4 is 6.09 Å². The lowest BCUT2D eigenvalue weighted by Gasteiger charge is -2.08. The van der Waals surface area contributed by atoms with Gasteiger partial charge in [-0.3, -0.25) is 5.73 Å². The zero-order valence-electron chi connectivity index (χ0n) is 5.62. The van der Waals surface area contributed by atoms with Gasteiger partial charge in [0.15, 0.2) is 6.23 Å². The number of hydrogen-bond acceptors (Lipinski definition) is 4. The van der Waals surface area contributed by atoms with Gasteiger partial charge in [0.1, 0.15) is 0 Å². The highest BCUT2D eigenvalue weighted by Gasteiger charge is 2.04. The van der Waals surface area contributed by atoms with E-state index in [0.717, 1.165) is 0 Å². The lowest BCUT2D eigenvalue weighted by Crippen LogP contribution is -2.30. The molecule has 10 heavy (non-hydrogen) atoms. The number of rotatable bonds is 4. The molecule has 0 aliphatic carbocycles. The van der Waals surface area contributed by atoms with E-state index < -0.39 is 12.3 Å². The monoisotopic (exact) mass is 148 g/mol. The van der Waals surface area contributed by atoms with Crippen LogP contribution in [0.1, 0.15) is 12.8 Å². The summed E-state index contributed by atoms with van der Waals surface area (Å²) in [5.74, 6) is 0. The second-order valence-corrected chi connectivity index (χ2v) is 1.84. The number of amides is 1. The van der Waals surface area contributed by atoms with Crippen LogP contribution in [0.2, 0.25) is 0 Å². The molecule has 0 saturated carbocycles. The molecular formula is C5H12N2O3. The minimum atomic E-state index is -0.884. The topological polar surface area (TPSA) is 98.6 Å². The largest absolute Gasteiger partial charge is 0.431 e. The SMILES string of the molecule is NC(=O)OC(N)CCCO. The summed E-state index contributed by atoms with van der Waals surface area (Å²) < 4.78 is 4.36. The second kappa shape index (κ2) is 5.01. The molecule has 1 unspecified atom stereocenters. The molecule has 5 nitrogen and oxygen atoms in total. The number of aliphatic hydroxyl groups excluding tert-OH is 1. The third-order valence-corrected chi connectivity index (χ3v) is 0.914. The summed E-state index contributed by atoms with van der Waals surface area (Å²) in [5, 5.41) is 8.32. The Morgan fingerprint density at radius 2 is 2.30 bits per heavy atom. The molecule has 5 heteroatoms. The van der Waals surface area contributed by atoms with Gasteiger partial charge in [0.05, 0.1) is 0 Å². The van der Waals surface area contributed by atoms with E-state index in [1.165, 1.54) is 0 Å². The summed E-state index contributed by atoms with van der Waals surface area (Å²) in [5.41, 5.74) is 9.89. The summed E-state index contributed by atoms with van der Waals surface area (Å²) in [6, 6.07) is 0. The molecule has 0 aromatic carbocycles. The first-order valence-corrected chi connectivity index (χ1v) is 2.99. The Morgan fingerprint density at radius 3 is 2.70 bits per heavy atom. The van der Waals surface area contributed by atoms with E-state index in [-0.39, 0.29) is 6.61 Å². The van der Waals surface area contributed by atoms with Crippen molar-refractivity contribution in [2.45, 2.75) is 19.1 Å². The van der Waals surface area contributed by atoms with E-state index in [9.17, 15) is 4.79 Å². The molecule has 0 heterocycles. The van der Waals surface area contributed by atoms with Gasteiger partial charge in [0, 0.05) is 13.0 Å². The summed E-state index contributed by atoms with van der Waals surface area (Å²) in [7, 11) is 0. The molecular weight excluding hydrogens is 136 g/mol. The average molecular weight is 148 g/mol. The summed E-state index contributed by atoms with van der Waals surface area (Å²) >= 11 is 0. The fourth-order valence-corrected chi connectivity index (χ4v) is 0.501. The molecule has 0 aliphatic heterocycles. The van der Waals surface area contributed by atoms with Gasteiger partial charge in [0.25, 0.3) is 0 Å². The van der Waals surface area contributed by atoms with Crippen molar-refractivity contribution in [1.82, 2.24) is 0 Å². The number of hydrogen-bond donors (Lipinski definition) is 3. The van der Waals surface area contributed by atoms with Gasteiger partial charge in [-0.2, -0.15) is 0 Å². The Labute approximate surface area is 58.9 Å². The molecule has 0 spiro atoms. The molecule has 60 valence electrons. The second-order valence-electron chi connectivity index (χ2n) is 1.84. The van der Waals surface area contributed by atoms with Crippen LogP contribution in [0.3, 0.4) is 0 Å². The van der Waals surface area contributed by atoms with Crippen LogP contribution in [0.25, 0.3) is 0 Å². The van der Waals surface area contributed by atoms with Crippen molar-refractivity contribution in [3.8, 4) is 0 Å². The first-order valence-electron chi connectivity index (χ1n) is 2.99. The molecule has 0 saturated heterocycles. The van der Waals surface area contributed by atoms with Crippen LogP contribution in [0.4, 0.5) is 4.79 Å². The predicted molar refractivity (Wildman–Crippen MR) is 35.0 cm³/mol. The number of ether oxygens (including phenoxy) is 1. The average Bonchev–Trinajstić information content (AvgIpc) is 1.82. The smallest absolute Gasteiger partial charge is 0.406 e. The van der Waals surface area contributed by atoms with Gasteiger partial charge in [-0.1, -0.05) is 0 Å². The zero-order chi connectivity index (χ0) is 7.98. The molecule has 0 radical (unpaired) electrons. The summed E-state index contributed by atoms with van der Waals surface area (Å²) in [6.07, 6.45) is -0.636. The summed E-state index contributed by atoms with van der Waals surface area (Å²) in [4.78, 5) is 10.0. The molecule has 0 rings (SSSR count). The normalized spacial score (nSPS) is 12.6. The predicted octanol–water partition coefficient (Wildman–Crippen LogP) is -0.861. The van der Waals surface area contributed by atoms with Gasteiger partial charge >= 0.3 is 6.09 Å². The van der Waals surface area contributed by atoms with Crippen LogP contribution < -0.4 is 11.5 Å². The van der Waals surface area contributed by atoms with E-state index in [1.54, 1.807) is 0 Å². The third-order valence-electron chi connectivity index (χ3n) is 0.914. The zero-order valence-corrected chi connectivity index (χ0v) is 5.62. The van der Waals surface area contributed by atoms with Crippen LogP contribution in [-0.4, -0.2) is 24.0 Å². The van der Waals surface area contributed by atoms with Crippen molar-refractivity contribution in [3.63, 3.8) is 0 Å². The fraction of sp³-hybridized carbons (Fsp3) is 0.800. The van der Waals surface area contributed by atoms with E-state index in [4.69, 9.17) is 10.8 Å². The summed E-state index contributed by atoms with van der Waals surface area (Å²) in [6.45, 7) is 0.0375. The Kier molecular flexibility index (Phi) is 4.61. The lowest BCUT2D eigenvalue weighted by molar-refractivity contribution is 0.0992. The Balaban J connectivity index is 3.25. The maximum Gasteiger partial charge on any atom is 0.406 e. The minimum Gasteiger partial charge on any atom is -0.431 e. The van der Waals surface area contributed by atoms with Gasteiger partial charge in [-0.05, 0) is 6.42 Å². The van der Waals surface area contributed by atoms with Crippen LogP contribution in [0.5, 0.6) is 0 Å². The standard InChI is InChI=1S/C5H12N2O3/c6-4(2-1-3-8)10-5(7)9/h4,8H,1-3,6H2,(H2,7,9). The quantitative estimate of drug-likeness (QED) is 0.452. The maximum absolute atomic E-state index is 10.0. The highest BCUT2D eigenvalue weighted by atomic mass is 16.6. The van der Waals surface area contributed by atoms with Crippen LogP contribution in [0.15, 0.2) is 0 Å². The number of primary amides is 1.